The first-order valence-corrected chi connectivity index (χ1v) is 9.21. The van der Waals surface area contributed by atoms with Crippen LogP contribution in [0.15, 0.2) is 55.1 Å². The fraction of sp³-hybridized carbons (Fsp3) is 0.238. The van der Waals surface area contributed by atoms with Gasteiger partial charge in [-0.3, -0.25) is 4.79 Å². The molecular weight excluding hydrogens is 365 g/mol. The Morgan fingerprint density at radius 1 is 1.33 bits per heavy atom. The molecule has 0 saturated carbocycles. The van der Waals surface area contributed by atoms with Crippen molar-refractivity contribution in [2.45, 2.75) is 26.4 Å². The van der Waals surface area contributed by atoms with Gasteiger partial charge in [0.15, 0.2) is 0 Å². The number of rotatable bonds is 7. The van der Waals surface area contributed by atoms with Crippen LogP contribution in [0.3, 0.4) is 0 Å². The molecule has 0 saturated heterocycles. The third-order valence-corrected chi connectivity index (χ3v) is 4.51. The number of imidazole rings is 1. The zero-order valence-electron chi connectivity index (χ0n) is 15.2. The van der Waals surface area contributed by atoms with Crippen molar-refractivity contribution in [3.05, 3.63) is 77.3 Å². The molecule has 0 fully saturated rings. The zero-order valence-corrected chi connectivity index (χ0v) is 15.9. The third kappa shape index (κ3) is 4.19. The van der Waals surface area contributed by atoms with Crippen LogP contribution in [0.25, 0.3) is 11.0 Å². The number of halogens is 2. The van der Waals surface area contributed by atoms with E-state index in [1.807, 2.05) is 11.5 Å². The Kier molecular flexibility index (Phi) is 5.91. The number of amides is 1. The van der Waals surface area contributed by atoms with E-state index in [0.29, 0.717) is 35.7 Å². The van der Waals surface area contributed by atoms with Crippen LogP contribution >= 0.6 is 11.6 Å². The smallest absolute Gasteiger partial charge is 0.254 e. The maximum Gasteiger partial charge on any atom is 0.254 e. The largest absolute Gasteiger partial charge is 0.327 e. The molecule has 3 rings (SSSR count). The first-order chi connectivity index (χ1) is 13.0. The van der Waals surface area contributed by atoms with E-state index in [9.17, 15) is 9.18 Å². The molecule has 140 valence electrons. The van der Waals surface area contributed by atoms with Crippen LogP contribution in [0.4, 0.5) is 4.39 Å². The summed E-state index contributed by atoms with van der Waals surface area (Å²) in [6.07, 6.45) is 2.55. The normalized spacial score (nSPS) is 10.9. The number of nitrogens with zero attached hydrogens (tertiary/aromatic N) is 3. The van der Waals surface area contributed by atoms with Crippen LogP contribution in [0, 0.1) is 5.82 Å². The van der Waals surface area contributed by atoms with Gasteiger partial charge < -0.3 is 9.47 Å². The second-order valence-electron chi connectivity index (χ2n) is 6.30. The van der Waals surface area contributed by atoms with Crippen LogP contribution in [-0.2, 0) is 13.1 Å². The van der Waals surface area contributed by atoms with E-state index in [2.05, 4.69) is 11.6 Å². The summed E-state index contributed by atoms with van der Waals surface area (Å²) >= 11 is 6.02. The highest BCUT2D eigenvalue weighted by Gasteiger charge is 2.19. The number of carbonyl (C=O) groups excluding carboxylic acids is 1. The second kappa shape index (κ2) is 8.35. The minimum absolute atomic E-state index is 0.154. The summed E-state index contributed by atoms with van der Waals surface area (Å²) in [6, 6.07) is 11.4. The molecule has 1 aromatic heterocycles. The first-order valence-electron chi connectivity index (χ1n) is 8.84. The molecule has 4 nitrogen and oxygen atoms in total. The molecule has 2 aromatic carbocycles. The SMILES string of the molecule is C=CCN(Cc1nc2ccc(F)cc2n1CCC)C(=O)c1cccc(Cl)c1. The highest BCUT2D eigenvalue weighted by Crippen LogP contribution is 2.21. The Bertz CT molecular complexity index is 983. The number of aromatic nitrogens is 2. The first kappa shape index (κ1) is 19.1. The Morgan fingerprint density at radius 3 is 2.85 bits per heavy atom. The van der Waals surface area contributed by atoms with Gasteiger partial charge in [0.05, 0.1) is 17.6 Å². The highest BCUT2D eigenvalue weighted by atomic mass is 35.5. The third-order valence-electron chi connectivity index (χ3n) is 4.28. The van der Waals surface area contributed by atoms with Gasteiger partial charge in [-0.25, -0.2) is 9.37 Å². The molecule has 0 aliphatic carbocycles. The Labute approximate surface area is 162 Å². The van der Waals surface area contributed by atoms with Crippen molar-refractivity contribution in [1.82, 2.24) is 14.5 Å². The Morgan fingerprint density at radius 2 is 2.15 bits per heavy atom. The van der Waals surface area contributed by atoms with E-state index in [1.54, 1.807) is 41.3 Å². The van der Waals surface area contributed by atoms with E-state index < -0.39 is 0 Å². The lowest BCUT2D eigenvalue weighted by molar-refractivity contribution is 0.0757. The molecule has 1 amide bonds. The van der Waals surface area contributed by atoms with Gasteiger partial charge >= 0.3 is 0 Å². The van der Waals surface area contributed by atoms with Crippen LogP contribution in [-0.4, -0.2) is 26.9 Å². The number of hydrogen-bond acceptors (Lipinski definition) is 2. The quantitative estimate of drug-likeness (QED) is 0.533. The average molecular weight is 386 g/mol. The van der Waals surface area contributed by atoms with Gasteiger partial charge in [-0.15, -0.1) is 6.58 Å². The number of aryl methyl sites for hydroxylation is 1. The molecule has 0 bridgehead atoms. The van der Waals surface area contributed by atoms with Crippen molar-refractivity contribution in [2.24, 2.45) is 0 Å². The summed E-state index contributed by atoms with van der Waals surface area (Å²) in [7, 11) is 0. The van der Waals surface area contributed by atoms with Gasteiger partial charge in [0.2, 0.25) is 0 Å². The predicted octanol–water partition coefficient (Wildman–Crippen LogP) is 5.07. The fourth-order valence-electron chi connectivity index (χ4n) is 3.09. The van der Waals surface area contributed by atoms with Gasteiger partial charge in [0.1, 0.15) is 11.6 Å². The van der Waals surface area contributed by atoms with Crippen molar-refractivity contribution >= 4 is 28.5 Å². The van der Waals surface area contributed by atoms with Gasteiger partial charge in [-0.2, -0.15) is 0 Å². The average Bonchev–Trinajstić information content (AvgIpc) is 2.98. The minimum atomic E-state index is -0.302. The summed E-state index contributed by atoms with van der Waals surface area (Å²) in [4.78, 5) is 19.2. The summed E-state index contributed by atoms with van der Waals surface area (Å²) in [5.74, 6) is 0.262. The fourth-order valence-corrected chi connectivity index (χ4v) is 3.28. The zero-order chi connectivity index (χ0) is 19.4. The number of fused-ring (bicyclic) bond motifs is 1. The van der Waals surface area contributed by atoms with E-state index in [4.69, 9.17) is 11.6 Å². The Hall–Kier alpha value is -2.66. The molecule has 27 heavy (non-hydrogen) atoms. The molecule has 0 aliphatic heterocycles. The number of hydrogen-bond donors (Lipinski definition) is 0. The number of benzene rings is 2. The van der Waals surface area contributed by atoms with E-state index in [-0.39, 0.29) is 11.7 Å². The Balaban J connectivity index is 1.97. The maximum absolute atomic E-state index is 13.7. The van der Waals surface area contributed by atoms with Crippen molar-refractivity contribution in [3.8, 4) is 0 Å². The molecule has 0 N–H and O–H groups in total. The minimum Gasteiger partial charge on any atom is -0.327 e. The van der Waals surface area contributed by atoms with Gasteiger partial charge in [0, 0.05) is 23.7 Å². The standard InChI is InChI=1S/C21H21ClFN3O/c1-3-10-25(21(27)15-6-5-7-16(22)12-15)14-20-24-18-9-8-17(23)13-19(18)26(20)11-4-2/h3,5-9,12-13H,1,4,10-11,14H2,2H3. The monoisotopic (exact) mass is 385 g/mol. The maximum atomic E-state index is 13.7. The van der Waals surface area contributed by atoms with Crippen molar-refractivity contribution in [2.75, 3.05) is 6.54 Å². The predicted molar refractivity (Wildman–Crippen MR) is 106 cm³/mol. The summed E-state index contributed by atoms with van der Waals surface area (Å²) in [5, 5.41) is 0.507. The van der Waals surface area contributed by atoms with Crippen LogP contribution in [0.2, 0.25) is 5.02 Å². The van der Waals surface area contributed by atoms with E-state index >= 15 is 0 Å². The summed E-state index contributed by atoms with van der Waals surface area (Å²) in [6.45, 7) is 7.17. The van der Waals surface area contributed by atoms with Crippen LogP contribution in [0.5, 0.6) is 0 Å². The molecule has 3 aromatic rings. The van der Waals surface area contributed by atoms with Crippen molar-refractivity contribution < 1.29 is 9.18 Å². The molecule has 0 radical (unpaired) electrons. The topological polar surface area (TPSA) is 38.1 Å². The van der Waals surface area contributed by atoms with Crippen molar-refractivity contribution in [3.63, 3.8) is 0 Å². The highest BCUT2D eigenvalue weighted by molar-refractivity contribution is 6.30. The number of carbonyl (C=O) groups is 1. The van der Waals surface area contributed by atoms with Gasteiger partial charge in [0.25, 0.3) is 5.91 Å². The lowest BCUT2D eigenvalue weighted by atomic mass is 10.2. The van der Waals surface area contributed by atoms with E-state index in [0.717, 1.165) is 17.8 Å². The van der Waals surface area contributed by atoms with Crippen molar-refractivity contribution in [1.29, 1.82) is 0 Å². The summed E-state index contributed by atoms with van der Waals surface area (Å²) < 4.78 is 15.7. The molecule has 0 unspecified atom stereocenters. The molecule has 1 heterocycles. The van der Waals surface area contributed by atoms with E-state index in [1.165, 1.54) is 12.1 Å². The molecule has 0 atom stereocenters. The summed E-state index contributed by atoms with van der Waals surface area (Å²) in [5.41, 5.74) is 1.96. The lowest BCUT2D eigenvalue weighted by Gasteiger charge is -2.21. The van der Waals surface area contributed by atoms with Gasteiger partial charge in [-0.05, 0) is 42.8 Å². The second-order valence-corrected chi connectivity index (χ2v) is 6.73. The lowest BCUT2D eigenvalue weighted by Crippen LogP contribution is -2.32. The van der Waals surface area contributed by atoms with Crippen LogP contribution < -0.4 is 0 Å². The van der Waals surface area contributed by atoms with Gasteiger partial charge in [-0.1, -0.05) is 30.7 Å². The molecule has 6 heteroatoms. The molecule has 0 spiro atoms. The van der Waals surface area contributed by atoms with Crippen LogP contribution in [0.1, 0.15) is 29.5 Å². The molecule has 0 aliphatic rings. The molecular formula is C21H21ClFN3O.